The van der Waals surface area contributed by atoms with E-state index in [1.165, 1.54) is 26.8 Å². The zero-order chi connectivity index (χ0) is 17.3. The molecule has 122 valence electrons. The number of carbonyl (C=O) groups is 1. The fourth-order valence-corrected chi connectivity index (χ4v) is 3.46. The van der Waals surface area contributed by atoms with Crippen LogP contribution in [0.5, 0.6) is 0 Å². The van der Waals surface area contributed by atoms with Crippen LogP contribution in [-0.4, -0.2) is 33.8 Å². The molecule has 0 bridgehead atoms. The molecule has 0 aliphatic carbocycles. The molecule has 0 spiro atoms. The molecule has 0 fully saturated rings. The largest absolute Gasteiger partial charge is 0.338 e. The van der Waals surface area contributed by atoms with Crippen molar-refractivity contribution in [2.45, 2.75) is 0 Å². The Labute approximate surface area is 147 Å². The van der Waals surface area contributed by atoms with Gasteiger partial charge in [0.15, 0.2) is 4.96 Å². The van der Waals surface area contributed by atoms with E-state index in [0.717, 1.165) is 5.56 Å². The zero-order valence-electron chi connectivity index (χ0n) is 12.9. The monoisotopic (exact) mass is 359 g/mol. The van der Waals surface area contributed by atoms with Crippen LogP contribution in [0.25, 0.3) is 16.2 Å². The van der Waals surface area contributed by atoms with Gasteiger partial charge in [-0.1, -0.05) is 35.9 Å². The van der Waals surface area contributed by atoms with Crippen LogP contribution in [0.1, 0.15) is 10.4 Å². The Hall–Kier alpha value is -2.44. The molecule has 0 aliphatic rings. The highest BCUT2D eigenvalue weighted by Crippen LogP contribution is 2.29. The number of benzene rings is 1. The summed E-state index contributed by atoms with van der Waals surface area (Å²) in [6.45, 7) is 3.95. The maximum absolute atomic E-state index is 12.9. The predicted octanol–water partition coefficient (Wildman–Crippen LogP) is 3.33. The van der Waals surface area contributed by atoms with Crippen LogP contribution in [0.15, 0.2) is 53.3 Å². The quantitative estimate of drug-likeness (QED) is 0.671. The second-order valence-electron chi connectivity index (χ2n) is 5.17. The number of fused-ring (bicyclic) bond motifs is 1. The Balaban J connectivity index is 2.21. The number of nitrogens with zero attached hydrogens (tertiary/aromatic N) is 3. The molecule has 3 rings (SSSR count). The van der Waals surface area contributed by atoms with E-state index in [1.807, 2.05) is 23.6 Å². The smallest absolute Gasteiger partial charge is 0.271 e. The first-order valence-corrected chi connectivity index (χ1v) is 8.41. The van der Waals surface area contributed by atoms with Gasteiger partial charge < -0.3 is 4.90 Å². The maximum Gasteiger partial charge on any atom is 0.271 e. The molecule has 0 saturated heterocycles. The van der Waals surface area contributed by atoms with Gasteiger partial charge >= 0.3 is 0 Å². The number of hydrogen-bond donors (Lipinski definition) is 0. The van der Waals surface area contributed by atoms with E-state index in [4.69, 9.17) is 11.6 Å². The van der Waals surface area contributed by atoms with Crippen molar-refractivity contribution in [3.63, 3.8) is 0 Å². The lowest BCUT2D eigenvalue weighted by Crippen LogP contribution is -2.33. The third-order valence-corrected chi connectivity index (χ3v) is 4.75. The van der Waals surface area contributed by atoms with Gasteiger partial charge in [0, 0.05) is 35.8 Å². The highest BCUT2D eigenvalue weighted by atomic mass is 35.5. The summed E-state index contributed by atoms with van der Waals surface area (Å²) >= 11 is 7.57. The van der Waals surface area contributed by atoms with Gasteiger partial charge in [0.05, 0.1) is 5.69 Å². The Bertz CT molecular complexity index is 993. The normalized spacial score (nSPS) is 10.8. The molecule has 0 N–H and O–H groups in total. The number of amides is 1. The molecule has 5 nitrogen and oxygen atoms in total. The molecule has 0 atom stereocenters. The molecule has 0 radical (unpaired) electrons. The Morgan fingerprint density at radius 2 is 2.21 bits per heavy atom. The molecule has 0 unspecified atom stereocenters. The summed E-state index contributed by atoms with van der Waals surface area (Å²) in [5.41, 5.74) is 0.957. The third kappa shape index (κ3) is 2.74. The molecule has 1 aromatic carbocycles. The van der Waals surface area contributed by atoms with Crippen molar-refractivity contribution in [2.24, 2.45) is 0 Å². The van der Waals surface area contributed by atoms with Crippen LogP contribution in [0.3, 0.4) is 0 Å². The van der Waals surface area contributed by atoms with Crippen LogP contribution in [-0.2, 0) is 0 Å². The van der Waals surface area contributed by atoms with Gasteiger partial charge in [-0.15, -0.1) is 17.9 Å². The summed E-state index contributed by atoms with van der Waals surface area (Å²) in [5.74, 6) is -0.391. The van der Waals surface area contributed by atoms with E-state index in [9.17, 15) is 9.59 Å². The average molecular weight is 360 g/mol. The predicted molar refractivity (Wildman–Crippen MR) is 96.9 cm³/mol. The average Bonchev–Trinajstić information content (AvgIpc) is 3.00. The van der Waals surface area contributed by atoms with Gasteiger partial charge in [0.1, 0.15) is 5.56 Å². The summed E-state index contributed by atoms with van der Waals surface area (Å²) in [6.07, 6.45) is 2.92. The summed E-state index contributed by atoms with van der Waals surface area (Å²) < 4.78 is 1.43. The van der Waals surface area contributed by atoms with E-state index in [2.05, 4.69) is 11.6 Å². The zero-order valence-corrected chi connectivity index (χ0v) is 14.5. The van der Waals surface area contributed by atoms with Gasteiger partial charge in [0.25, 0.3) is 11.5 Å². The molecule has 3 aromatic rings. The SMILES string of the molecule is C=CCN(C)C(=O)c1cnc2scc(-c3ccccc3Cl)n2c1=O. The summed E-state index contributed by atoms with van der Waals surface area (Å²) in [6, 6.07) is 7.25. The standard InChI is InChI=1S/C17H14ClN3O2S/c1-3-8-20(2)15(22)12-9-19-17-21(16(12)23)14(10-24-17)11-6-4-5-7-13(11)18/h3-7,9-10H,1,8H2,2H3. The second-order valence-corrected chi connectivity index (χ2v) is 6.41. The van der Waals surface area contributed by atoms with Crippen LogP contribution < -0.4 is 5.56 Å². The number of likely N-dealkylation sites (N-methyl/N-ethyl adjacent to an activating group) is 1. The van der Waals surface area contributed by atoms with Crippen molar-refractivity contribution in [3.05, 3.63) is 69.4 Å². The summed E-state index contributed by atoms with van der Waals surface area (Å²) in [4.78, 5) is 31.5. The number of halogens is 1. The number of rotatable bonds is 4. The lowest BCUT2D eigenvalue weighted by atomic mass is 10.2. The van der Waals surface area contributed by atoms with Gasteiger partial charge in [-0.2, -0.15) is 0 Å². The molecule has 0 aliphatic heterocycles. The first-order valence-electron chi connectivity index (χ1n) is 7.15. The molecule has 2 heterocycles. The van der Waals surface area contributed by atoms with Crippen LogP contribution in [0.4, 0.5) is 0 Å². The van der Waals surface area contributed by atoms with E-state index in [1.54, 1.807) is 19.2 Å². The lowest BCUT2D eigenvalue weighted by Gasteiger charge is -2.14. The van der Waals surface area contributed by atoms with Crippen LogP contribution >= 0.6 is 22.9 Å². The summed E-state index contributed by atoms with van der Waals surface area (Å²) in [7, 11) is 1.61. The minimum atomic E-state index is -0.405. The van der Waals surface area contributed by atoms with Crippen molar-refractivity contribution in [2.75, 3.05) is 13.6 Å². The highest BCUT2D eigenvalue weighted by molar-refractivity contribution is 7.15. The van der Waals surface area contributed by atoms with E-state index in [0.29, 0.717) is 22.2 Å². The summed E-state index contributed by atoms with van der Waals surface area (Å²) in [5, 5.41) is 2.34. The second kappa shape index (κ2) is 6.59. The molecular weight excluding hydrogens is 346 g/mol. The number of hydrogen-bond acceptors (Lipinski definition) is 4. The van der Waals surface area contributed by atoms with Crippen molar-refractivity contribution < 1.29 is 4.79 Å². The van der Waals surface area contributed by atoms with Crippen molar-refractivity contribution in [3.8, 4) is 11.3 Å². The van der Waals surface area contributed by atoms with Gasteiger partial charge in [0.2, 0.25) is 0 Å². The minimum Gasteiger partial charge on any atom is -0.338 e. The van der Waals surface area contributed by atoms with Crippen molar-refractivity contribution >= 4 is 33.8 Å². The first-order chi connectivity index (χ1) is 11.5. The van der Waals surface area contributed by atoms with Gasteiger partial charge in [-0.25, -0.2) is 4.98 Å². The Morgan fingerprint density at radius 1 is 1.46 bits per heavy atom. The van der Waals surface area contributed by atoms with Crippen molar-refractivity contribution in [1.29, 1.82) is 0 Å². The molecule has 2 aromatic heterocycles. The van der Waals surface area contributed by atoms with E-state index < -0.39 is 11.5 Å². The molecule has 24 heavy (non-hydrogen) atoms. The van der Waals surface area contributed by atoms with Crippen LogP contribution in [0.2, 0.25) is 5.02 Å². The first kappa shape index (κ1) is 16.4. The topological polar surface area (TPSA) is 54.7 Å². The molecule has 0 saturated carbocycles. The molecule has 7 heteroatoms. The lowest BCUT2D eigenvalue weighted by molar-refractivity contribution is 0.0808. The van der Waals surface area contributed by atoms with E-state index in [-0.39, 0.29) is 5.56 Å². The Morgan fingerprint density at radius 3 is 2.92 bits per heavy atom. The minimum absolute atomic E-state index is 0.0172. The van der Waals surface area contributed by atoms with Gasteiger partial charge in [-0.3, -0.25) is 14.0 Å². The number of carbonyl (C=O) groups excluding carboxylic acids is 1. The van der Waals surface area contributed by atoms with E-state index >= 15 is 0 Å². The van der Waals surface area contributed by atoms with Crippen LogP contribution in [0, 0.1) is 0 Å². The third-order valence-electron chi connectivity index (χ3n) is 3.58. The van der Waals surface area contributed by atoms with Gasteiger partial charge in [-0.05, 0) is 6.07 Å². The molecular formula is C17H14ClN3O2S. The van der Waals surface area contributed by atoms with Crippen molar-refractivity contribution in [1.82, 2.24) is 14.3 Å². The Kier molecular flexibility index (Phi) is 4.51. The fourth-order valence-electron chi connectivity index (χ4n) is 2.38. The number of thiazole rings is 1. The fraction of sp³-hybridized carbons (Fsp3) is 0.118. The molecule has 1 amide bonds. The highest BCUT2D eigenvalue weighted by Gasteiger charge is 2.19. The maximum atomic E-state index is 12.9. The number of aromatic nitrogens is 2.